The monoisotopic (exact) mass is 1000 g/mol. The van der Waals surface area contributed by atoms with Gasteiger partial charge in [-0.3, -0.25) is 14.4 Å². The van der Waals surface area contributed by atoms with Crippen LogP contribution in [0.4, 0.5) is 0 Å². The van der Waals surface area contributed by atoms with Crippen LogP contribution in [0.2, 0.25) is 0 Å². The van der Waals surface area contributed by atoms with E-state index in [2.05, 4.69) is 81.5 Å². The van der Waals surface area contributed by atoms with E-state index in [9.17, 15) is 34.5 Å². The lowest BCUT2D eigenvalue weighted by atomic mass is 9.98. The number of carbonyl (C=O) groups is 4. The minimum absolute atomic E-state index is 0.0429. The number of allylic oxidation sites excluding steroid dienone is 10. The van der Waals surface area contributed by atoms with Crippen LogP contribution in [0, 0.1) is 0 Å². The van der Waals surface area contributed by atoms with Crippen LogP contribution in [-0.2, 0) is 42.9 Å². The number of hydrogen-bond donors (Lipinski definition) is 3. The maximum absolute atomic E-state index is 13.1. The fourth-order valence-electron chi connectivity index (χ4n) is 8.24. The molecule has 1 rings (SSSR count). The molecule has 1 aliphatic heterocycles. The predicted molar refractivity (Wildman–Crippen MR) is 285 cm³/mol. The van der Waals surface area contributed by atoms with Crippen LogP contribution in [-0.4, -0.2) is 89.2 Å². The third-order valence-electron chi connectivity index (χ3n) is 12.6. The first-order chi connectivity index (χ1) is 34.6. The summed E-state index contributed by atoms with van der Waals surface area (Å²) in [6.45, 7) is 5.82. The minimum Gasteiger partial charge on any atom is -0.479 e. The van der Waals surface area contributed by atoms with E-state index in [-0.39, 0.29) is 25.9 Å². The molecule has 408 valence electrons. The molecule has 1 heterocycles. The molecule has 0 spiro atoms. The summed E-state index contributed by atoms with van der Waals surface area (Å²) < 4.78 is 28.3. The van der Waals surface area contributed by atoms with Gasteiger partial charge in [0.25, 0.3) is 0 Å². The molecular formula is C59H100O12. The van der Waals surface area contributed by atoms with Crippen molar-refractivity contribution in [2.75, 3.05) is 13.2 Å². The number of hydrogen-bond acceptors (Lipinski definition) is 11. The number of ether oxygens (including phenoxy) is 5. The Morgan fingerprint density at radius 2 is 0.887 bits per heavy atom. The smallest absolute Gasteiger partial charge is 0.335 e. The second-order valence-electron chi connectivity index (χ2n) is 19.2. The molecule has 0 aromatic rings. The largest absolute Gasteiger partial charge is 0.479 e. The van der Waals surface area contributed by atoms with Crippen molar-refractivity contribution in [3.63, 3.8) is 0 Å². The maximum atomic E-state index is 13.1. The highest BCUT2D eigenvalue weighted by Gasteiger charge is 2.50. The Morgan fingerprint density at radius 3 is 1.38 bits per heavy atom. The minimum atomic E-state index is -1.91. The van der Waals surface area contributed by atoms with Crippen molar-refractivity contribution in [2.24, 2.45) is 0 Å². The molecule has 0 aromatic carbocycles. The van der Waals surface area contributed by atoms with Crippen molar-refractivity contribution in [1.82, 2.24) is 0 Å². The Kier molecular flexibility index (Phi) is 43.7. The van der Waals surface area contributed by atoms with Gasteiger partial charge in [0.15, 0.2) is 24.6 Å². The molecule has 1 aliphatic rings. The normalized spacial score (nSPS) is 18.9. The number of carboxylic acid groups (broad SMARTS) is 1. The van der Waals surface area contributed by atoms with E-state index in [0.717, 1.165) is 116 Å². The van der Waals surface area contributed by atoms with E-state index in [1.54, 1.807) is 0 Å². The molecule has 0 radical (unpaired) electrons. The molecule has 1 fully saturated rings. The fraction of sp³-hybridized carbons (Fsp3) is 0.763. The van der Waals surface area contributed by atoms with Crippen LogP contribution in [0.15, 0.2) is 60.8 Å². The highest BCUT2D eigenvalue weighted by Crippen LogP contribution is 2.26. The number of rotatable bonds is 47. The average molecular weight is 1000 g/mol. The lowest BCUT2D eigenvalue weighted by molar-refractivity contribution is -0.301. The predicted octanol–water partition coefficient (Wildman–Crippen LogP) is 14.0. The topological polar surface area (TPSA) is 175 Å². The number of carboxylic acids is 1. The Morgan fingerprint density at radius 1 is 0.479 bits per heavy atom. The zero-order chi connectivity index (χ0) is 51.8. The SMILES string of the molecule is CC/C=C\C/C=C\C/C=C\CCCCCCCC(=O)OCC(COC1OC(C(=O)O)C(O)C(O)C1OC(=O)CCCCCCC/C=C\C/C=C\CCCCC)OC(=O)CCCCCCCCCCCCC. The van der Waals surface area contributed by atoms with Crippen molar-refractivity contribution in [3.8, 4) is 0 Å². The van der Waals surface area contributed by atoms with Gasteiger partial charge in [-0.1, -0.05) is 197 Å². The van der Waals surface area contributed by atoms with E-state index in [4.69, 9.17) is 23.7 Å². The summed E-state index contributed by atoms with van der Waals surface area (Å²) in [5.74, 6) is -3.15. The molecule has 0 amide bonds. The van der Waals surface area contributed by atoms with Crippen LogP contribution in [0.25, 0.3) is 0 Å². The van der Waals surface area contributed by atoms with Gasteiger partial charge in [0.2, 0.25) is 0 Å². The van der Waals surface area contributed by atoms with Gasteiger partial charge in [-0.15, -0.1) is 0 Å². The summed E-state index contributed by atoms with van der Waals surface area (Å²) in [7, 11) is 0. The molecule has 1 saturated heterocycles. The molecule has 71 heavy (non-hydrogen) atoms. The van der Waals surface area contributed by atoms with Gasteiger partial charge in [0.1, 0.15) is 18.8 Å². The average Bonchev–Trinajstić information content (AvgIpc) is 3.35. The molecule has 6 atom stereocenters. The Labute approximate surface area is 430 Å². The van der Waals surface area contributed by atoms with Crippen LogP contribution < -0.4 is 0 Å². The van der Waals surface area contributed by atoms with E-state index in [1.807, 2.05) is 0 Å². The number of aliphatic hydroxyl groups is 2. The zero-order valence-corrected chi connectivity index (χ0v) is 44.7. The highest BCUT2D eigenvalue weighted by atomic mass is 16.7. The van der Waals surface area contributed by atoms with Gasteiger partial charge in [0.05, 0.1) is 6.61 Å². The molecule has 6 unspecified atom stereocenters. The highest BCUT2D eigenvalue weighted by molar-refractivity contribution is 5.74. The van der Waals surface area contributed by atoms with Crippen LogP contribution >= 0.6 is 0 Å². The summed E-state index contributed by atoms with van der Waals surface area (Å²) in [5, 5.41) is 31.4. The molecule has 0 aromatic heterocycles. The van der Waals surface area contributed by atoms with Crippen molar-refractivity contribution in [3.05, 3.63) is 60.8 Å². The Hall–Kier alpha value is -3.58. The second-order valence-corrected chi connectivity index (χ2v) is 19.2. The summed E-state index contributed by atoms with van der Waals surface area (Å²) in [6.07, 6.45) is 44.8. The molecular weight excluding hydrogens is 901 g/mol. The van der Waals surface area contributed by atoms with Gasteiger partial charge in [0, 0.05) is 19.3 Å². The lowest BCUT2D eigenvalue weighted by Crippen LogP contribution is -2.61. The standard InChI is InChI=1S/C59H100O12/c1-4-7-10-13-16-19-22-24-26-28-31-33-36-39-42-45-51(60)67-48-50(69-52(61)46-43-40-37-34-30-21-18-15-12-9-6-3)49-68-59-57(55(64)54(63)56(71-59)58(65)66)70-53(62)47-44-41-38-35-32-29-27-25-23-20-17-14-11-8-5-2/h7,10,16-17,19-20,24-27,50,54-57,59,63-64H,4-6,8-9,11-15,18,21-23,28-49H2,1-3H3,(H,65,66)/b10-7-,19-16-,20-17-,26-24-,27-25-. The first kappa shape index (κ1) is 65.4. The van der Waals surface area contributed by atoms with Crippen molar-refractivity contribution in [2.45, 2.75) is 276 Å². The van der Waals surface area contributed by atoms with Crippen molar-refractivity contribution in [1.29, 1.82) is 0 Å². The van der Waals surface area contributed by atoms with E-state index in [1.165, 1.54) is 64.2 Å². The molecule has 0 aliphatic carbocycles. The first-order valence-electron chi connectivity index (χ1n) is 28.3. The van der Waals surface area contributed by atoms with Gasteiger partial charge in [-0.2, -0.15) is 0 Å². The molecule has 0 bridgehead atoms. The third kappa shape index (κ3) is 37.8. The molecule has 12 nitrogen and oxygen atoms in total. The molecule has 3 N–H and O–H groups in total. The Balaban J connectivity index is 2.71. The van der Waals surface area contributed by atoms with Gasteiger partial charge < -0.3 is 39.0 Å². The number of aliphatic hydroxyl groups excluding tert-OH is 2. The van der Waals surface area contributed by atoms with E-state index >= 15 is 0 Å². The number of unbranched alkanes of at least 4 members (excludes halogenated alkanes) is 23. The van der Waals surface area contributed by atoms with E-state index in [0.29, 0.717) is 19.3 Å². The Bertz CT molecular complexity index is 1470. The van der Waals surface area contributed by atoms with Gasteiger partial charge >= 0.3 is 23.9 Å². The third-order valence-corrected chi connectivity index (χ3v) is 12.6. The number of esters is 3. The molecule has 12 heteroatoms. The van der Waals surface area contributed by atoms with Gasteiger partial charge in [-0.25, -0.2) is 4.79 Å². The summed E-state index contributed by atoms with van der Waals surface area (Å²) in [6, 6.07) is 0. The number of aliphatic carboxylic acids is 1. The summed E-state index contributed by atoms with van der Waals surface area (Å²) in [5.41, 5.74) is 0. The fourth-order valence-corrected chi connectivity index (χ4v) is 8.24. The van der Waals surface area contributed by atoms with Gasteiger partial charge in [-0.05, 0) is 83.5 Å². The summed E-state index contributed by atoms with van der Waals surface area (Å²) >= 11 is 0. The maximum Gasteiger partial charge on any atom is 0.335 e. The van der Waals surface area contributed by atoms with Crippen molar-refractivity contribution >= 4 is 23.9 Å². The zero-order valence-electron chi connectivity index (χ0n) is 44.7. The van der Waals surface area contributed by atoms with Crippen LogP contribution in [0.3, 0.4) is 0 Å². The van der Waals surface area contributed by atoms with E-state index < -0.39 is 67.3 Å². The van der Waals surface area contributed by atoms with Crippen LogP contribution in [0.5, 0.6) is 0 Å². The second kappa shape index (κ2) is 47.4. The van der Waals surface area contributed by atoms with Crippen LogP contribution in [0.1, 0.15) is 239 Å². The number of carbonyl (C=O) groups excluding carboxylic acids is 3. The van der Waals surface area contributed by atoms with Crippen molar-refractivity contribution < 1.29 is 58.2 Å². The summed E-state index contributed by atoms with van der Waals surface area (Å²) in [4.78, 5) is 51.0. The lowest BCUT2D eigenvalue weighted by Gasteiger charge is -2.40. The first-order valence-corrected chi connectivity index (χ1v) is 28.3. The molecule has 0 saturated carbocycles. The quantitative estimate of drug-likeness (QED) is 0.0228.